The molecule has 1 aliphatic heterocycles. The third-order valence-corrected chi connectivity index (χ3v) is 7.18. The van der Waals surface area contributed by atoms with E-state index in [-0.39, 0.29) is 11.4 Å². The maximum Gasteiger partial charge on any atom is 0.305 e. The van der Waals surface area contributed by atoms with E-state index >= 15 is 0 Å². The van der Waals surface area contributed by atoms with Gasteiger partial charge >= 0.3 is 5.97 Å². The summed E-state index contributed by atoms with van der Waals surface area (Å²) in [5.74, 6) is 9.00. The number of carbonyl (C=O) groups excluding carboxylic acids is 1. The SMILES string of the molecule is CCOC(=O)CCCCc1ccc(C#Cc2cc3c(cc2SC)OCCC3(CC)CC)o1. The number of benzene rings is 1. The molecule has 172 valence electrons. The van der Waals surface area contributed by atoms with Gasteiger partial charge in [-0.3, -0.25) is 4.79 Å². The van der Waals surface area contributed by atoms with Gasteiger partial charge in [-0.15, -0.1) is 11.8 Å². The topological polar surface area (TPSA) is 48.7 Å². The molecule has 0 bridgehead atoms. The number of thioether (sulfide) groups is 1. The van der Waals surface area contributed by atoms with E-state index in [1.165, 1.54) is 5.56 Å². The Balaban J connectivity index is 1.72. The number of fused-ring (bicyclic) bond motifs is 1. The van der Waals surface area contributed by atoms with Crippen LogP contribution >= 0.6 is 11.8 Å². The maximum absolute atomic E-state index is 11.4. The standard InChI is InChI=1S/C27H34O4S/c1-5-27(6-2)16-17-30-24-19-25(32-4)20(18-23(24)27)12-13-22-15-14-21(31-22)10-8-9-11-26(28)29-7-3/h14-15,18-19H,5-11,16-17H2,1-4H3. The van der Waals surface area contributed by atoms with E-state index < -0.39 is 0 Å². The summed E-state index contributed by atoms with van der Waals surface area (Å²) in [6.45, 7) is 7.58. The van der Waals surface area contributed by atoms with E-state index in [9.17, 15) is 4.79 Å². The first kappa shape index (κ1) is 24.3. The third-order valence-electron chi connectivity index (χ3n) is 6.41. The molecular weight excluding hydrogens is 420 g/mol. The molecular formula is C27H34O4S. The van der Waals surface area contributed by atoms with Crippen molar-refractivity contribution < 1.29 is 18.7 Å². The fourth-order valence-electron chi connectivity index (χ4n) is 4.35. The molecule has 4 nitrogen and oxygen atoms in total. The van der Waals surface area contributed by atoms with E-state index in [0.29, 0.717) is 18.8 Å². The van der Waals surface area contributed by atoms with Crippen LogP contribution in [0.4, 0.5) is 0 Å². The molecule has 0 unspecified atom stereocenters. The number of unbranched alkanes of at least 4 members (excludes halogenated alkanes) is 1. The van der Waals surface area contributed by atoms with E-state index in [1.807, 2.05) is 19.1 Å². The number of ether oxygens (including phenoxy) is 2. The highest BCUT2D eigenvalue weighted by Gasteiger charge is 2.35. The van der Waals surface area contributed by atoms with Gasteiger partial charge < -0.3 is 13.9 Å². The summed E-state index contributed by atoms with van der Waals surface area (Å²) >= 11 is 1.69. The highest BCUT2D eigenvalue weighted by atomic mass is 32.2. The van der Waals surface area contributed by atoms with Gasteiger partial charge in [0.15, 0.2) is 5.76 Å². The smallest absolute Gasteiger partial charge is 0.305 e. The molecule has 0 spiro atoms. The summed E-state index contributed by atoms with van der Waals surface area (Å²) in [6, 6.07) is 8.29. The second kappa shape index (κ2) is 11.5. The minimum atomic E-state index is -0.131. The average Bonchev–Trinajstić information content (AvgIpc) is 3.27. The molecule has 0 saturated carbocycles. The molecule has 0 radical (unpaired) electrons. The number of hydrogen-bond acceptors (Lipinski definition) is 5. The normalized spacial score (nSPS) is 14.1. The lowest BCUT2D eigenvalue weighted by atomic mass is 9.71. The minimum Gasteiger partial charge on any atom is -0.493 e. The van der Waals surface area contributed by atoms with Crippen molar-refractivity contribution in [3.05, 3.63) is 46.9 Å². The molecule has 0 fully saturated rings. The van der Waals surface area contributed by atoms with Gasteiger partial charge in [0.2, 0.25) is 0 Å². The Morgan fingerprint density at radius 2 is 1.97 bits per heavy atom. The van der Waals surface area contributed by atoms with Crippen LogP contribution in [0.2, 0.25) is 0 Å². The molecule has 0 saturated heterocycles. The molecule has 3 rings (SSSR count). The van der Waals surface area contributed by atoms with E-state index in [4.69, 9.17) is 13.9 Å². The van der Waals surface area contributed by atoms with Crippen LogP contribution in [0.3, 0.4) is 0 Å². The van der Waals surface area contributed by atoms with Crippen LogP contribution in [0.15, 0.2) is 33.6 Å². The molecule has 0 N–H and O–H groups in total. The lowest BCUT2D eigenvalue weighted by Gasteiger charge is -2.38. The lowest BCUT2D eigenvalue weighted by Crippen LogP contribution is -2.31. The number of carbonyl (C=O) groups is 1. The first-order valence-electron chi connectivity index (χ1n) is 11.7. The van der Waals surface area contributed by atoms with Crippen LogP contribution in [-0.4, -0.2) is 25.4 Å². The number of esters is 1. The summed E-state index contributed by atoms with van der Waals surface area (Å²) in [5.41, 5.74) is 2.49. The van der Waals surface area contributed by atoms with Gasteiger partial charge in [0.05, 0.1) is 13.2 Å². The van der Waals surface area contributed by atoms with Crippen molar-refractivity contribution in [1.82, 2.24) is 0 Å². The van der Waals surface area contributed by atoms with Crippen molar-refractivity contribution in [2.45, 2.75) is 76.0 Å². The Morgan fingerprint density at radius 1 is 1.16 bits per heavy atom. The van der Waals surface area contributed by atoms with Gasteiger partial charge in [0.1, 0.15) is 11.5 Å². The van der Waals surface area contributed by atoms with Gasteiger partial charge in [-0.25, -0.2) is 0 Å². The predicted molar refractivity (Wildman–Crippen MR) is 129 cm³/mol. The Labute approximate surface area is 196 Å². The van der Waals surface area contributed by atoms with Crippen LogP contribution in [0, 0.1) is 11.8 Å². The maximum atomic E-state index is 11.4. The van der Waals surface area contributed by atoms with Gasteiger partial charge in [0, 0.05) is 34.3 Å². The van der Waals surface area contributed by atoms with Gasteiger partial charge in [0.25, 0.3) is 0 Å². The van der Waals surface area contributed by atoms with E-state index in [2.05, 4.69) is 44.1 Å². The molecule has 32 heavy (non-hydrogen) atoms. The summed E-state index contributed by atoms with van der Waals surface area (Å²) in [6.07, 6.45) is 8.26. The quantitative estimate of drug-likeness (QED) is 0.187. The molecule has 0 aliphatic carbocycles. The molecule has 1 aliphatic rings. The van der Waals surface area contributed by atoms with Crippen molar-refractivity contribution in [1.29, 1.82) is 0 Å². The Morgan fingerprint density at radius 3 is 2.69 bits per heavy atom. The number of furan rings is 1. The van der Waals surface area contributed by atoms with E-state index in [1.54, 1.807) is 11.8 Å². The molecule has 2 heterocycles. The lowest BCUT2D eigenvalue weighted by molar-refractivity contribution is -0.143. The van der Waals surface area contributed by atoms with Gasteiger partial charge in [-0.1, -0.05) is 19.8 Å². The van der Waals surface area contributed by atoms with E-state index in [0.717, 1.165) is 67.1 Å². The molecule has 0 amide bonds. The highest BCUT2D eigenvalue weighted by Crippen LogP contribution is 2.45. The van der Waals surface area contributed by atoms with Crippen molar-refractivity contribution in [3.8, 4) is 17.6 Å². The Bertz CT molecular complexity index is 975. The summed E-state index contributed by atoms with van der Waals surface area (Å²) in [7, 11) is 0. The van der Waals surface area contributed by atoms with Crippen molar-refractivity contribution in [3.63, 3.8) is 0 Å². The zero-order valence-corrected chi connectivity index (χ0v) is 20.5. The Kier molecular flexibility index (Phi) is 8.75. The van der Waals surface area contributed by atoms with Crippen LogP contribution in [0.25, 0.3) is 0 Å². The zero-order chi connectivity index (χ0) is 23.0. The van der Waals surface area contributed by atoms with Crippen LogP contribution in [0.1, 0.15) is 81.9 Å². The fourth-order valence-corrected chi connectivity index (χ4v) is 4.90. The summed E-state index contributed by atoms with van der Waals surface area (Å²) in [5, 5.41) is 0. The molecule has 5 heteroatoms. The number of aryl methyl sites for hydroxylation is 1. The minimum absolute atomic E-state index is 0.131. The van der Waals surface area contributed by atoms with Gasteiger partial charge in [-0.2, -0.15) is 0 Å². The molecule has 1 aromatic heterocycles. The van der Waals surface area contributed by atoms with Crippen molar-refractivity contribution in [2.75, 3.05) is 19.5 Å². The first-order chi connectivity index (χ1) is 15.5. The monoisotopic (exact) mass is 454 g/mol. The Hall–Kier alpha value is -2.32. The molecule has 0 atom stereocenters. The van der Waals surface area contributed by atoms with Crippen LogP contribution in [0.5, 0.6) is 5.75 Å². The number of rotatable bonds is 9. The third kappa shape index (κ3) is 5.72. The zero-order valence-electron chi connectivity index (χ0n) is 19.7. The van der Waals surface area contributed by atoms with Crippen LogP contribution < -0.4 is 4.74 Å². The fraction of sp³-hybridized carbons (Fsp3) is 0.519. The second-order valence-electron chi connectivity index (χ2n) is 8.16. The molecule has 1 aromatic carbocycles. The second-order valence-corrected chi connectivity index (χ2v) is 9.01. The summed E-state index contributed by atoms with van der Waals surface area (Å²) in [4.78, 5) is 12.6. The largest absolute Gasteiger partial charge is 0.493 e. The summed E-state index contributed by atoms with van der Waals surface area (Å²) < 4.78 is 16.9. The average molecular weight is 455 g/mol. The van der Waals surface area contributed by atoms with Crippen molar-refractivity contribution >= 4 is 17.7 Å². The predicted octanol–water partition coefficient (Wildman–Crippen LogP) is 6.52. The van der Waals surface area contributed by atoms with Crippen molar-refractivity contribution in [2.24, 2.45) is 0 Å². The van der Waals surface area contributed by atoms with Gasteiger partial charge in [-0.05, 0) is 75.5 Å². The first-order valence-corrected chi connectivity index (χ1v) is 12.9. The molecule has 2 aromatic rings. The highest BCUT2D eigenvalue weighted by molar-refractivity contribution is 7.98. The number of hydrogen-bond donors (Lipinski definition) is 0. The van der Waals surface area contributed by atoms with Crippen LogP contribution in [-0.2, 0) is 21.4 Å².